The summed E-state index contributed by atoms with van der Waals surface area (Å²) in [6.45, 7) is 0.915. The van der Waals surface area contributed by atoms with Crippen LogP contribution in [0.1, 0.15) is 30.1 Å². The van der Waals surface area contributed by atoms with Gasteiger partial charge in [-0.2, -0.15) is 17.5 Å². The first-order valence-electron chi connectivity index (χ1n) is 7.96. The van der Waals surface area contributed by atoms with Gasteiger partial charge in [-0.25, -0.2) is 18.2 Å². The topological polar surface area (TPSA) is 37.8 Å². The third kappa shape index (κ3) is 2.53. The van der Waals surface area contributed by atoms with Crippen molar-refractivity contribution in [3.63, 3.8) is 0 Å². The molecule has 1 saturated carbocycles. The van der Waals surface area contributed by atoms with Crippen molar-refractivity contribution in [2.75, 3.05) is 13.1 Å². The fourth-order valence-corrected chi connectivity index (χ4v) is 4.55. The summed E-state index contributed by atoms with van der Waals surface area (Å²) in [6.07, 6.45) is -4.25. The van der Waals surface area contributed by atoms with Gasteiger partial charge in [0.15, 0.2) is 5.82 Å². The van der Waals surface area contributed by atoms with Crippen molar-refractivity contribution in [1.29, 1.82) is 0 Å². The van der Waals surface area contributed by atoms with E-state index in [9.17, 15) is 26.3 Å². The van der Waals surface area contributed by atoms with Crippen LogP contribution < -0.4 is 5.32 Å². The second-order valence-corrected chi connectivity index (χ2v) is 7.36. The minimum Gasteiger partial charge on any atom is -0.317 e. The second-order valence-electron chi connectivity index (χ2n) is 6.61. The van der Waals surface area contributed by atoms with Crippen molar-refractivity contribution in [2.45, 2.75) is 30.9 Å². The fourth-order valence-electron chi connectivity index (χ4n) is 3.81. The minimum atomic E-state index is -4.79. The highest BCUT2D eigenvalue weighted by molar-refractivity contribution is 7.09. The lowest BCUT2D eigenvalue weighted by molar-refractivity contribution is -0.137. The van der Waals surface area contributed by atoms with Gasteiger partial charge in [0.2, 0.25) is 0 Å². The highest BCUT2D eigenvalue weighted by Gasteiger charge is 2.81. The monoisotopic (exact) mass is 393 g/mol. The second kappa shape index (κ2) is 5.66. The van der Waals surface area contributed by atoms with Gasteiger partial charge in [0, 0.05) is 5.56 Å². The Morgan fingerprint density at radius 1 is 1.15 bits per heavy atom. The molecule has 1 saturated heterocycles. The number of aromatic nitrogens is 2. The van der Waals surface area contributed by atoms with Crippen LogP contribution in [0.5, 0.6) is 0 Å². The number of benzene rings is 1. The number of hydrogen-bond donors (Lipinski definition) is 1. The molecule has 2 aromatic rings. The number of nitrogens with zero attached hydrogens (tertiary/aromatic N) is 2. The van der Waals surface area contributed by atoms with Gasteiger partial charge in [0.25, 0.3) is 5.92 Å². The molecule has 2 fully saturated rings. The first-order chi connectivity index (χ1) is 12.2. The van der Waals surface area contributed by atoms with Gasteiger partial charge < -0.3 is 5.32 Å². The maximum Gasteiger partial charge on any atom is 0.417 e. The maximum absolute atomic E-state index is 14.4. The molecule has 2 heterocycles. The zero-order valence-corrected chi connectivity index (χ0v) is 14.0. The predicted octanol–water partition coefficient (Wildman–Crippen LogP) is 4.47. The normalized spacial score (nSPS) is 24.0. The van der Waals surface area contributed by atoms with Crippen molar-refractivity contribution < 1.29 is 26.3 Å². The maximum atomic E-state index is 14.4. The lowest BCUT2D eigenvalue weighted by atomic mass is 9.91. The smallest absolute Gasteiger partial charge is 0.317 e. The summed E-state index contributed by atoms with van der Waals surface area (Å²) in [5, 5.41) is 2.88. The minimum absolute atomic E-state index is 0.130. The zero-order chi connectivity index (χ0) is 18.7. The van der Waals surface area contributed by atoms with Crippen molar-refractivity contribution in [1.82, 2.24) is 14.7 Å². The van der Waals surface area contributed by atoms with Crippen LogP contribution in [0.2, 0.25) is 0 Å². The molecular weight excluding hydrogens is 380 g/mol. The fraction of sp³-hybridized carbons (Fsp3) is 0.500. The van der Waals surface area contributed by atoms with Crippen LogP contribution in [0.15, 0.2) is 18.2 Å². The Morgan fingerprint density at radius 2 is 1.85 bits per heavy atom. The number of alkyl halides is 5. The molecule has 1 aliphatic heterocycles. The lowest BCUT2D eigenvalue weighted by Gasteiger charge is -2.22. The highest BCUT2D eigenvalue weighted by Crippen LogP contribution is 2.74. The quantitative estimate of drug-likeness (QED) is 0.766. The zero-order valence-electron chi connectivity index (χ0n) is 13.2. The molecule has 1 unspecified atom stereocenters. The van der Waals surface area contributed by atoms with Crippen molar-refractivity contribution in [2.24, 2.45) is 5.41 Å². The number of halogens is 6. The number of hydrogen-bond acceptors (Lipinski definition) is 4. The van der Waals surface area contributed by atoms with Gasteiger partial charge >= 0.3 is 6.18 Å². The molecule has 1 aliphatic carbocycles. The van der Waals surface area contributed by atoms with Gasteiger partial charge in [-0.15, -0.1) is 0 Å². The summed E-state index contributed by atoms with van der Waals surface area (Å²) < 4.78 is 85.5. The molecule has 140 valence electrons. The third-order valence-electron chi connectivity index (χ3n) is 5.21. The van der Waals surface area contributed by atoms with Gasteiger partial charge in [0.1, 0.15) is 10.8 Å². The van der Waals surface area contributed by atoms with Gasteiger partial charge in [-0.05, 0) is 55.7 Å². The first-order valence-corrected chi connectivity index (χ1v) is 8.73. The molecule has 4 rings (SSSR count). The molecule has 10 heteroatoms. The summed E-state index contributed by atoms with van der Waals surface area (Å²) in [6, 6.07) is 2.20. The van der Waals surface area contributed by atoms with E-state index < -0.39 is 34.8 Å². The molecule has 1 N–H and O–H groups in total. The van der Waals surface area contributed by atoms with E-state index in [4.69, 9.17) is 0 Å². The molecule has 1 aromatic carbocycles. The molecule has 2 aliphatic rings. The molecule has 0 radical (unpaired) electrons. The van der Waals surface area contributed by atoms with Crippen LogP contribution in [-0.2, 0) is 6.18 Å². The van der Waals surface area contributed by atoms with Crippen LogP contribution >= 0.6 is 11.5 Å². The lowest BCUT2D eigenvalue weighted by Crippen LogP contribution is -2.32. The van der Waals surface area contributed by atoms with Crippen molar-refractivity contribution in [3.8, 4) is 10.6 Å². The Balaban J connectivity index is 1.70. The van der Waals surface area contributed by atoms with Crippen LogP contribution in [0.3, 0.4) is 0 Å². The van der Waals surface area contributed by atoms with E-state index in [2.05, 4.69) is 14.7 Å². The Labute approximate surface area is 148 Å². The summed E-state index contributed by atoms with van der Waals surface area (Å²) in [4.78, 5) is 3.98. The molecule has 3 nitrogen and oxygen atoms in total. The summed E-state index contributed by atoms with van der Waals surface area (Å²) in [5.74, 6) is -5.32. The third-order valence-corrected chi connectivity index (χ3v) is 5.97. The molecule has 0 bridgehead atoms. The molecule has 1 spiro atoms. The van der Waals surface area contributed by atoms with Crippen molar-refractivity contribution >= 4 is 11.5 Å². The standard InChI is InChI=1S/C16H13F6N3S/c17-8-1-2-9(10(7-8)16(20,21)22)13-24-12(25-26-13)11-14(15(11,18)19)3-5-23-6-4-14/h1-2,7,11,23H,3-6H2. The Kier molecular flexibility index (Phi) is 3.85. The van der Waals surface area contributed by atoms with Crippen LogP contribution in [-0.4, -0.2) is 28.4 Å². The average molecular weight is 393 g/mol. The van der Waals surface area contributed by atoms with E-state index >= 15 is 0 Å². The summed E-state index contributed by atoms with van der Waals surface area (Å²) >= 11 is 0.623. The van der Waals surface area contributed by atoms with Gasteiger partial charge in [-0.3, -0.25) is 0 Å². The molecule has 26 heavy (non-hydrogen) atoms. The van der Waals surface area contributed by atoms with E-state index in [0.717, 1.165) is 12.1 Å². The number of piperidine rings is 1. The Morgan fingerprint density at radius 3 is 2.50 bits per heavy atom. The average Bonchev–Trinajstić information content (AvgIpc) is 2.90. The molecule has 1 atom stereocenters. The predicted molar refractivity (Wildman–Crippen MR) is 82.5 cm³/mol. The Hall–Kier alpha value is -1.68. The van der Waals surface area contributed by atoms with Crippen LogP contribution in [0.4, 0.5) is 26.3 Å². The summed E-state index contributed by atoms with van der Waals surface area (Å²) in [7, 11) is 0. The van der Waals surface area contributed by atoms with Crippen molar-refractivity contribution in [3.05, 3.63) is 35.4 Å². The van der Waals surface area contributed by atoms with E-state index in [1.807, 2.05) is 0 Å². The van der Waals surface area contributed by atoms with E-state index in [-0.39, 0.29) is 29.2 Å². The molecule has 0 amide bonds. The van der Waals surface area contributed by atoms with Crippen LogP contribution in [0.25, 0.3) is 10.6 Å². The molecular formula is C16H13F6N3S. The SMILES string of the molecule is Fc1ccc(-c2nc(C3C(F)(F)C34CCNCC4)ns2)c(C(F)(F)F)c1. The van der Waals surface area contributed by atoms with Gasteiger partial charge in [-0.1, -0.05) is 0 Å². The van der Waals surface area contributed by atoms with E-state index in [1.165, 1.54) is 0 Å². The number of nitrogens with one attached hydrogen (secondary N) is 1. The van der Waals surface area contributed by atoms with E-state index in [1.54, 1.807) is 0 Å². The highest BCUT2D eigenvalue weighted by atomic mass is 32.1. The van der Waals surface area contributed by atoms with Gasteiger partial charge in [0.05, 0.1) is 16.9 Å². The van der Waals surface area contributed by atoms with E-state index in [0.29, 0.717) is 30.7 Å². The molecule has 1 aromatic heterocycles. The van der Waals surface area contributed by atoms with Crippen LogP contribution in [0, 0.1) is 11.2 Å². The number of rotatable bonds is 2. The summed E-state index contributed by atoms with van der Waals surface area (Å²) in [5.41, 5.74) is -2.77. The largest absolute Gasteiger partial charge is 0.417 e. The Bertz CT molecular complexity index is 841. The first kappa shape index (κ1) is 17.7.